The number of halogens is 3. The van der Waals surface area contributed by atoms with E-state index in [1.165, 1.54) is 32.4 Å². The number of hydrogen-bond acceptors (Lipinski definition) is 5. The molecule has 1 N–H and O–H groups in total. The van der Waals surface area contributed by atoms with Gasteiger partial charge in [-0.3, -0.25) is 4.79 Å². The van der Waals surface area contributed by atoms with E-state index in [0.29, 0.717) is 50.2 Å². The van der Waals surface area contributed by atoms with Gasteiger partial charge < -0.3 is 19.5 Å². The zero-order chi connectivity index (χ0) is 24.7. The maximum absolute atomic E-state index is 12.7. The van der Waals surface area contributed by atoms with Crippen LogP contribution in [-0.2, 0) is 11.4 Å². The van der Waals surface area contributed by atoms with E-state index in [4.69, 9.17) is 49.0 Å². The molecule has 34 heavy (non-hydrogen) atoms. The van der Waals surface area contributed by atoms with Gasteiger partial charge in [-0.05, 0) is 41.5 Å². The number of hydrogen-bond donors (Lipinski definition) is 1. The van der Waals surface area contributed by atoms with Crippen LogP contribution in [0.4, 0.5) is 5.69 Å². The molecule has 3 aromatic carbocycles. The lowest BCUT2D eigenvalue weighted by Gasteiger charge is -2.13. The molecule has 6 nitrogen and oxygen atoms in total. The minimum Gasteiger partial charge on any atom is -0.495 e. The minimum atomic E-state index is -0.606. The van der Waals surface area contributed by atoms with Crippen LogP contribution in [0.15, 0.2) is 60.2 Å². The molecule has 0 radical (unpaired) electrons. The first-order valence-electron chi connectivity index (χ1n) is 9.86. The maximum Gasteiger partial charge on any atom is 0.266 e. The third kappa shape index (κ3) is 6.36. The van der Waals surface area contributed by atoms with E-state index >= 15 is 0 Å². The molecule has 0 saturated carbocycles. The molecule has 174 valence electrons. The van der Waals surface area contributed by atoms with Gasteiger partial charge in [-0.1, -0.05) is 53.0 Å². The largest absolute Gasteiger partial charge is 0.495 e. The van der Waals surface area contributed by atoms with Gasteiger partial charge in [0, 0.05) is 12.1 Å². The van der Waals surface area contributed by atoms with Crippen molar-refractivity contribution >= 4 is 52.5 Å². The van der Waals surface area contributed by atoms with Crippen molar-refractivity contribution in [3.8, 4) is 23.3 Å². The van der Waals surface area contributed by atoms with Gasteiger partial charge in [0.15, 0.2) is 0 Å². The lowest BCUT2D eigenvalue weighted by Crippen LogP contribution is -2.14. The standard InChI is InChI=1S/C25H19Cl3N2O4/c1-32-23-12-22(24(33-2)11-21(23)28)30-25(31)17(13-29)9-15-3-6-18(7-4-15)34-14-16-5-8-19(26)20(27)10-16/h3-12H,14H2,1-2H3,(H,30,31)/b17-9+. The first-order chi connectivity index (χ1) is 16.3. The maximum atomic E-state index is 12.7. The quantitative estimate of drug-likeness (QED) is 0.263. The Bertz CT molecular complexity index is 1270. The zero-order valence-corrected chi connectivity index (χ0v) is 20.5. The van der Waals surface area contributed by atoms with Crippen molar-refractivity contribution < 1.29 is 19.0 Å². The number of methoxy groups -OCH3 is 2. The average molecular weight is 518 g/mol. The molecule has 0 aliphatic rings. The number of amides is 1. The molecule has 0 aliphatic carbocycles. The number of ether oxygens (including phenoxy) is 3. The van der Waals surface area contributed by atoms with E-state index in [1.807, 2.05) is 12.1 Å². The van der Waals surface area contributed by atoms with E-state index in [1.54, 1.807) is 36.4 Å². The average Bonchev–Trinajstić information content (AvgIpc) is 2.84. The zero-order valence-electron chi connectivity index (χ0n) is 18.2. The molecule has 1 amide bonds. The highest BCUT2D eigenvalue weighted by atomic mass is 35.5. The topological polar surface area (TPSA) is 80.6 Å². The van der Waals surface area contributed by atoms with Gasteiger partial charge in [0.25, 0.3) is 5.91 Å². The predicted molar refractivity (Wildman–Crippen MR) is 134 cm³/mol. The summed E-state index contributed by atoms with van der Waals surface area (Å²) in [5.41, 5.74) is 1.74. The van der Waals surface area contributed by atoms with Crippen LogP contribution in [-0.4, -0.2) is 20.1 Å². The van der Waals surface area contributed by atoms with Crippen molar-refractivity contribution in [2.24, 2.45) is 0 Å². The normalized spacial score (nSPS) is 10.9. The van der Waals surface area contributed by atoms with Crippen LogP contribution in [0.1, 0.15) is 11.1 Å². The summed E-state index contributed by atoms with van der Waals surface area (Å²) in [5.74, 6) is 0.700. The number of rotatable bonds is 8. The van der Waals surface area contributed by atoms with Crippen molar-refractivity contribution in [1.29, 1.82) is 5.26 Å². The lowest BCUT2D eigenvalue weighted by molar-refractivity contribution is -0.112. The third-order valence-electron chi connectivity index (χ3n) is 4.67. The molecule has 0 atom stereocenters. The Balaban J connectivity index is 1.70. The molecule has 3 rings (SSSR count). The van der Waals surface area contributed by atoms with Crippen molar-refractivity contribution in [3.05, 3.63) is 86.4 Å². The predicted octanol–water partition coefficient (Wildman–Crippen LogP) is 6.79. The Kier molecular flexibility index (Phi) is 8.67. The minimum absolute atomic E-state index is 0.0968. The van der Waals surface area contributed by atoms with Gasteiger partial charge in [0.2, 0.25) is 0 Å². The Morgan fingerprint density at radius 2 is 1.65 bits per heavy atom. The monoisotopic (exact) mass is 516 g/mol. The number of nitrogens with zero attached hydrogens (tertiary/aromatic N) is 1. The summed E-state index contributed by atoms with van der Waals surface area (Å²) in [6, 6.07) is 17.2. The van der Waals surface area contributed by atoms with Gasteiger partial charge in [-0.25, -0.2) is 0 Å². The Labute approximate surface area is 212 Å². The molecule has 3 aromatic rings. The highest BCUT2D eigenvalue weighted by Crippen LogP contribution is 2.36. The van der Waals surface area contributed by atoms with Crippen LogP contribution in [0.5, 0.6) is 17.2 Å². The summed E-state index contributed by atoms with van der Waals surface area (Å²) in [6.45, 7) is 0.310. The summed E-state index contributed by atoms with van der Waals surface area (Å²) in [7, 11) is 2.90. The molecule has 9 heteroatoms. The highest BCUT2D eigenvalue weighted by molar-refractivity contribution is 6.42. The molecule has 0 fully saturated rings. The van der Waals surface area contributed by atoms with Gasteiger partial charge in [0.1, 0.15) is 35.5 Å². The third-order valence-corrected chi connectivity index (χ3v) is 5.70. The molecule has 0 aromatic heterocycles. The van der Waals surface area contributed by atoms with Crippen LogP contribution in [0.25, 0.3) is 6.08 Å². The summed E-state index contributed by atoms with van der Waals surface area (Å²) in [6.07, 6.45) is 1.47. The fraction of sp³-hybridized carbons (Fsp3) is 0.120. The fourth-order valence-corrected chi connectivity index (χ4v) is 3.47. The first-order valence-corrected chi connectivity index (χ1v) is 11.0. The molecule has 0 aliphatic heterocycles. The Hall–Kier alpha value is -3.37. The van der Waals surface area contributed by atoms with E-state index in [-0.39, 0.29) is 5.57 Å². The summed E-state index contributed by atoms with van der Waals surface area (Å²) in [4.78, 5) is 12.7. The van der Waals surface area contributed by atoms with Gasteiger partial charge in [-0.15, -0.1) is 0 Å². The Morgan fingerprint density at radius 1 is 0.941 bits per heavy atom. The van der Waals surface area contributed by atoms with E-state index in [9.17, 15) is 10.1 Å². The molecule has 0 unspecified atom stereocenters. The van der Waals surface area contributed by atoms with Crippen LogP contribution in [0.2, 0.25) is 15.1 Å². The van der Waals surface area contributed by atoms with E-state index < -0.39 is 5.91 Å². The summed E-state index contributed by atoms with van der Waals surface area (Å²) in [5, 5.41) is 13.4. The Morgan fingerprint density at radius 3 is 2.26 bits per heavy atom. The van der Waals surface area contributed by atoms with Crippen LogP contribution in [0.3, 0.4) is 0 Å². The molecule has 0 heterocycles. The highest BCUT2D eigenvalue weighted by Gasteiger charge is 2.15. The van der Waals surface area contributed by atoms with Crippen LogP contribution >= 0.6 is 34.8 Å². The lowest BCUT2D eigenvalue weighted by atomic mass is 10.1. The van der Waals surface area contributed by atoms with Crippen LogP contribution in [0, 0.1) is 11.3 Å². The molecular formula is C25H19Cl3N2O4. The second-order valence-corrected chi connectivity index (χ2v) is 8.14. The van der Waals surface area contributed by atoms with Crippen molar-refractivity contribution in [1.82, 2.24) is 0 Å². The van der Waals surface area contributed by atoms with E-state index in [0.717, 1.165) is 5.56 Å². The second kappa shape index (κ2) is 11.7. The van der Waals surface area contributed by atoms with Gasteiger partial charge in [-0.2, -0.15) is 5.26 Å². The number of benzene rings is 3. The van der Waals surface area contributed by atoms with Crippen molar-refractivity contribution in [3.63, 3.8) is 0 Å². The second-order valence-electron chi connectivity index (χ2n) is 6.92. The summed E-state index contributed by atoms with van der Waals surface area (Å²) >= 11 is 18.0. The molecular weight excluding hydrogens is 499 g/mol. The van der Waals surface area contributed by atoms with Crippen LogP contribution < -0.4 is 19.5 Å². The number of carbonyl (C=O) groups excluding carboxylic acids is 1. The first kappa shape index (κ1) is 25.3. The van der Waals surface area contributed by atoms with Gasteiger partial charge >= 0.3 is 0 Å². The molecule has 0 saturated heterocycles. The van der Waals surface area contributed by atoms with Crippen molar-refractivity contribution in [2.75, 3.05) is 19.5 Å². The number of carbonyl (C=O) groups is 1. The fourth-order valence-electron chi connectivity index (χ4n) is 2.92. The summed E-state index contributed by atoms with van der Waals surface area (Å²) < 4.78 is 16.2. The SMILES string of the molecule is COc1cc(NC(=O)/C(C#N)=C/c2ccc(OCc3ccc(Cl)c(Cl)c3)cc2)c(OC)cc1Cl. The molecule has 0 spiro atoms. The number of nitrogens with one attached hydrogen (secondary N) is 1. The van der Waals surface area contributed by atoms with E-state index in [2.05, 4.69) is 5.32 Å². The number of anilines is 1. The number of nitriles is 1. The van der Waals surface area contributed by atoms with Crippen molar-refractivity contribution in [2.45, 2.75) is 6.61 Å². The van der Waals surface area contributed by atoms with Gasteiger partial charge in [0.05, 0.1) is 35.0 Å². The molecule has 0 bridgehead atoms. The smallest absolute Gasteiger partial charge is 0.266 e.